The molecule has 1 fully saturated rings. The number of nitrogens with zero attached hydrogens (tertiary/aromatic N) is 3. The fourth-order valence-corrected chi connectivity index (χ4v) is 5.19. The van der Waals surface area contributed by atoms with Crippen LogP contribution in [0, 0.1) is 5.41 Å². The number of rotatable bonds is 6. The molecule has 0 unspecified atom stereocenters. The number of ether oxygens (including phenoxy) is 3. The minimum atomic E-state index is -1.33. The van der Waals surface area contributed by atoms with E-state index in [-0.39, 0.29) is 17.7 Å². The Bertz CT molecular complexity index is 1220. The first-order valence-corrected chi connectivity index (χ1v) is 12.3. The minimum absolute atomic E-state index is 0.210. The molecular formula is C27H31N3O6. The van der Waals surface area contributed by atoms with Gasteiger partial charge in [-0.3, -0.25) is 14.4 Å². The van der Waals surface area contributed by atoms with Gasteiger partial charge in [0.2, 0.25) is 11.8 Å². The normalized spacial score (nSPS) is 20.1. The fraction of sp³-hybridized carbons (Fsp3) is 0.444. The number of carbonyl (C=O) groups is 3. The number of hydrogen-bond donors (Lipinski definition) is 0. The van der Waals surface area contributed by atoms with Crippen LogP contribution in [-0.2, 0) is 29.6 Å². The lowest BCUT2D eigenvalue weighted by Gasteiger charge is -2.27. The highest BCUT2D eigenvalue weighted by Crippen LogP contribution is 2.45. The van der Waals surface area contributed by atoms with Crippen molar-refractivity contribution >= 4 is 34.8 Å². The first kappa shape index (κ1) is 24.3. The lowest BCUT2D eigenvalue weighted by Crippen LogP contribution is -2.47. The molecule has 0 saturated carbocycles. The van der Waals surface area contributed by atoms with E-state index in [9.17, 15) is 14.4 Å². The second kappa shape index (κ2) is 8.90. The van der Waals surface area contributed by atoms with E-state index in [0.29, 0.717) is 56.5 Å². The summed E-state index contributed by atoms with van der Waals surface area (Å²) in [6.45, 7) is 7.22. The maximum absolute atomic E-state index is 13.2. The van der Waals surface area contributed by atoms with E-state index >= 15 is 0 Å². The van der Waals surface area contributed by atoms with Gasteiger partial charge < -0.3 is 28.9 Å². The Morgan fingerprint density at radius 2 is 1.61 bits per heavy atom. The van der Waals surface area contributed by atoms with Crippen LogP contribution in [0.4, 0.5) is 17.1 Å². The molecule has 3 aliphatic rings. The van der Waals surface area contributed by atoms with Gasteiger partial charge in [0.25, 0.3) is 11.7 Å². The highest BCUT2D eigenvalue weighted by atomic mass is 16.7. The number of hydrogen-bond acceptors (Lipinski definition) is 6. The lowest BCUT2D eigenvalue weighted by molar-refractivity contribution is -0.180. The van der Waals surface area contributed by atoms with Crippen molar-refractivity contribution in [1.29, 1.82) is 0 Å². The van der Waals surface area contributed by atoms with E-state index in [0.717, 1.165) is 11.3 Å². The SMILES string of the molecule is CCN1C(=O)C(C)(C)C(=O)N(C)c2cc(OCCCN3C(=O)C4(OCCO4)c4ccccc43)ccc21. The lowest BCUT2D eigenvalue weighted by atomic mass is 9.90. The summed E-state index contributed by atoms with van der Waals surface area (Å²) in [6.07, 6.45) is 0.578. The second-order valence-corrected chi connectivity index (χ2v) is 9.68. The average Bonchev–Trinajstić information content (AvgIpc) is 3.45. The third-order valence-electron chi connectivity index (χ3n) is 7.10. The molecule has 36 heavy (non-hydrogen) atoms. The van der Waals surface area contributed by atoms with Crippen molar-refractivity contribution < 1.29 is 28.6 Å². The Morgan fingerprint density at radius 3 is 2.33 bits per heavy atom. The first-order valence-electron chi connectivity index (χ1n) is 12.3. The Balaban J connectivity index is 1.29. The van der Waals surface area contributed by atoms with Gasteiger partial charge in [-0.05, 0) is 45.4 Å². The summed E-state index contributed by atoms with van der Waals surface area (Å²) in [6, 6.07) is 12.9. The van der Waals surface area contributed by atoms with Gasteiger partial charge in [-0.25, -0.2) is 0 Å². The largest absolute Gasteiger partial charge is 0.493 e. The second-order valence-electron chi connectivity index (χ2n) is 9.68. The third kappa shape index (κ3) is 3.57. The summed E-state index contributed by atoms with van der Waals surface area (Å²) in [4.78, 5) is 44.2. The summed E-state index contributed by atoms with van der Waals surface area (Å²) < 4.78 is 17.5. The van der Waals surface area contributed by atoms with Crippen LogP contribution in [0.25, 0.3) is 0 Å². The summed E-state index contributed by atoms with van der Waals surface area (Å²) >= 11 is 0. The molecule has 3 aliphatic heterocycles. The monoisotopic (exact) mass is 493 g/mol. The van der Waals surface area contributed by atoms with Crippen molar-refractivity contribution in [2.75, 3.05) is 54.7 Å². The van der Waals surface area contributed by atoms with Gasteiger partial charge in [-0.1, -0.05) is 18.2 Å². The predicted octanol–water partition coefficient (Wildman–Crippen LogP) is 3.06. The van der Waals surface area contributed by atoms with Crippen LogP contribution in [0.1, 0.15) is 32.8 Å². The van der Waals surface area contributed by atoms with Gasteiger partial charge in [0.15, 0.2) is 0 Å². The molecule has 5 rings (SSSR count). The van der Waals surface area contributed by atoms with E-state index in [1.165, 1.54) is 4.90 Å². The topological polar surface area (TPSA) is 88.6 Å². The van der Waals surface area contributed by atoms with Gasteiger partial charge in [0.05, 0.1) is 36.9 Å². The van der Waals surface area contributed by atoms with Gasteiger partial charge >= 0.3 is 0 Å². The van der Waals surface area contributed by atoms with Gasteiger partial charge in [-0.15, -0.1) is 0 Å². The smallest absolute Gasteiger partial charge is 0.292 e. The molecule has 0 aliphatic carbocycles. The molecule has 190 valence electrons. The first-order chi connectivity index (χ1) is 17.2. The molecule has 3 heterocycles. The Labute approximate surface area is 210 Å². The molecule has 1 spiro atoms. The standard InChI is InChI=1S/C27H31N3O6/c1-5-29-21-12-11-18(17-22(21)28(4)23(31)26(2,3)24(29)32)34-14-8-13-30-20-10-7-6-9-19(20)27(25(30)33)35-15-16-36-27/h6-7,9-12,17H,5,8,13-16H2,1-4H3. The van der Waals surface area contributed by atoms with E-state index in [4.69, 9.17) is 14.2 Å². The molecule has 3 amide bonds. The van der Waals surface area contributed by atoms with Gasteiger partial charge in [0.1, 0.15) is 11.2 Å². The van der Waals surface area contributed by atoms with Crippen LogP contribution >= 0.6 is 0 Å². The quantitative estimate of drug-likeness (QED) is 0.454. The summed E-state index contributed by atoms with van der Waals surface area (Å²) in [5.74, 6) is -1.44. The predicted molar refractivity (Wildman–Crippen MR) is 134 cm³/mol. The van der Waals surface area contributed by atoms with Crippen LogP contribution in [-0.4, -0.2) is 57.7 Å². The molecule has 0 bridgehead atoms. The Morgan fingerprint density at radius 1 is 0.889 bits per heavy atom. The van der Waals surface area contributed by atoms with E-state index in [1.54, 1.807) is 42.8 Å². The van der Waals surface area contributed by atoms with Crippen molar-refractivity contribution in [3.8, 4) is 5.75 Å². The number of carbonyl (C=O) groups excluding carboxylic acids is 3. The van der Waals surface area contributed by atoms with Crippen molar-refractivity contribution in [1.82, 2.24) is 0 Å². The molecule has 2 aromatic rings. The highest BCUT2D eigenvalue weighted by molar-refractivity contribution is 6.20. The average molecular weight is 494 g/mol. The molecule has 0 radical (unpaired) electrons. The zero-order valence-corrected chi connectivity index (χ0v) is 21.1. The molecule has 2 aromatic carbocycles. The van der Waals surface area contributed by atoms with Crippen LogP contribution in [0.15, 0.2) is 42.5 Å². The van der Waals surface area contributed by atoms with Gasteiger partial charge in [0, 0.05) is 31.8 Å². The number of fused-ring (bicyclic) bond motifs is 3. The summed E-state index contributed by atoms with van der Waals surface area (Å²) in [5, 5.41) is 0. The zero-order valence-electron chi connectivity index (χ0n) is 21.1. The van der Waals surface area contributed by atoms with E-state index in [2.05, 4.69) is 0 Å². The molecule has 9 heteroatoms. The third-order valence-corrected chi connectivity index (χ3v) is 7.10. The van der Waals surface area contributed by atoms with Crippen molar-refractivity contribution in [2.45, 2.75) is 33.0 Å². The maximum atomic E-state index is 13.2. The van der Waals surface area contributed by atoms with Crippen LogP contribution in [0.2, 0.25) is 0 Å². The summed E-state index contributed by atoms with van der Waals surface area (Å²) in [7, 11) is 1.68. The van der Waals surface area contributed by atoms with Gasteiger partial charge in [-0.2, -0.15) is 0 Å². The number of benzene rings is 2. The number of para-hydroxylation sites is 1. The molecule has 1 saturated heterocycles. The molecular weight excluding hydrogens is 462 g/mol. The molecule has 0 aromatic heterocycles. The maximum Gasteiger partial charge on any atom is 0.292 e. The zero-order chi connectivity index (χ0) is 25.7. The fourth-order valence-electron chi connectivity index (χ4n) is 5.19. The Kier molecular flexibility index (Phi) is 6.00. The van der Waals surface area contributed by atoms with Crippen LogP contribution in [0.5, 0.6) is 5.75 Å². The van der Waals surface area contributed by atoms with Crippen molar-refractivity contribution in [3.05, 3.63) is 48.0 Å². The molecule has 0 atom stereocenters. The minimum Gasteiger partial charge on any atom is -0.493 e. The highest BCUT2D eigenvalue weighted by Gasteiger charge is 2.55. The number of amides is 3. The van der Waals surface area contributed by atoms with Crippen LogP contribution in [0.3, 0.4) is 0 Å². The molecule has 0 N–H and O–H groups in total. The Hall–Kier alpha value is -3.43. The van der Waals surface area contributed by atoms with Crippen molar-refractivity contribution in [2.24, 2.45) is 5.41 Å². The molecule has 9 nitrogen and oxygen atoms in total. The van der Waals surface area contributed by atoms with E-state index < -0.39 is 11.2 Å². The van der Waals surface area contributed by atoms with E-state index in [1.807, 2.05) is 37.3 Å². The number of anilines is 3. The summed E-state index contributed by atoms with van der Waals surface area (Å²) in [5.41, 5.74) is 1.68. The van der Waals surface area contributed by atoms with Crippen LogP contribution < -0.4 is 19.4 Å². The van der Waals surface area contributed by atoms with Crippen molar-refractivity contribution in [3.63, 3.8) is 0 Å².